The van der Waals surface area contributed by atoms with Crippen LogP contribution >= 0.6 is 0 Å². The molecule has 4 aromatic rings. The molecule has 0 saturated heterocycles. The molecule has 168 valence electrons. The van der Waals surface area contributed by atoms with Crippen molar-refractivity contribution >= 4 is 23.1 Å². The van der Waals surface area contributed by atoms with Crippen LogP contribution < -0.4 is 25.7 Å². The highest BCUT2D eigenvalue weighted by Gasteiger charge is 2.10. The van der Waals surface area contributed by atoms with Crippen molar-refractivity contribution < 1.29 is 14.3 Å². The summed E-state index contributed by atoms with van der Waals surface area (Å²) in [7, 11) is 1.54. The summed E-state index contributed by atoms with van der Waals surface area (Å²) in [5.74, 6) is 1.14. The molecule has 2 heterocycles. The highest BCUT2D eigenvalue weighted by Crippen LogP contribution is 2.25. The van der Waals surface area contributed by atoms with Gasteiger partial charge in [0.2, 0.25) is 0 Å². The predicted octanol–water partition coefficient (Wildman–Crippen LogP) is 4.54. The van der Waals surface area contributed by atoms with Gasteiger partial charge in [-0.15, -0.1) is 0 Å². The molecule has 0 radical (unpaired) electrons. The molecule has 0 aliphatic carbocycles. The summed E-state index contributed by atoms with van der Waals surface area (Å²) in [6.07, 6.45) is 1.71. The molecule has 2 aromatic heterocycles. The number of rotatable bonds is 6. The van der Waals surface area contributed by atoms with Gasteiger partial charge in [-0.1, -0.05) is 18.2 Å². The SMILES string of the molecule is COc1ccccc1NC(=O)Nc1ccc(C)c(OCc2cc(=O)n3ccc(C)cc3n2)c1. The molecule has 4 rings (SSSR count). The number of anilines is 2. The van der Waals surface area contributed by atoms with Crippen molar-refractivity contribution in [2.75, 3.05) is 17.7 Å². The molecule has 0 bridgehead atoms. The first-order valence-corrected chi connectivity index (χ1v) is 10.4. The number of hydrogen-bond donors (Lipinski definition) is 2. The number of fused-ring (bicyclic) bond motifs is 1. The summed E-state index contributed by atoms with van der Waals surface area (Å²) in [5, 5.41) is 5.56. The largest absolute Gasteiger partial charge is 0.495 e. The van der Waals surface area contributed by atoms with Crippen LogP contribution in [-0.4, -0.2) is 22.5 Å². The predicted molar refractivity (Wildman–Crippen MR) is 127 cm³/mol. The molecule has 0 spiro atoms. The van der Waals surface area contributed by atoms with Crippen molar-refractivity contribution in [1.82, 2.24) is 9.38 Å². The third kappa shape index (κ3) is 5.12. The summed E-state index contributed by atoms with van der Waals surface area (Å²) < 4.78 is 12.7. The number of carbonyl (C=O) groups is 1. The lowest BCUT2D eigenvalue weighted by Crippen LogP contribution is -2.20. The van der Waals surface area contributed by atoms with Gasteiger partial charge in [0.15, 0.2) is 0 Å². The van der Waals surface area contributed by atoms with Gasteiger partial charge in [0.1, 0.15) is 23.8 Å². The monoisotopic (exact) mass is 444 g/mol. The number of pyridine rings is 1. The molecule has 2 N–H and O–H groups in total. The standard InChI is InChI=1S/C25H24N4O4/c1-16-10-11-29-23(12-16)26-19(14-24(29)30)15-33-22-13-18(9-8-17(22)2)27-25(31)28-20-6-4-5-7-21(20)32-3/h4-14H,15H2,1-3H3,(H2,27,28,31). The van der Waals surface area contributed by atoms with Gasteiger partial charge in [-0.2, -0.15) is 0 Å². The highest BCUT2D eigenvalue weighted by atomic mass is 16.5. The van der Waals surface area contributed by atoms with Gasteiger partial charge in [0, 0.05) is 24.0 Å². The third-order valence-electron chi connectivity index (χ3n) is 5.05. The highest BCUT2D eigenvalue weighted by molar-refractivity contribution is 6.00. The average molecular weight is 444 g/mol. The number of carbonyl (C=O) groups excluding carboxylic acids is 1. The second kappa shape index (κ2) is 9.44. The molecule has 33 heavy (non-hydrogen) atoms. The van der Waals surface area contributed by atoms with E-state index in [9.17, 15) is 9.59 Å². The number of nitrogens with zero attached hydrogens (tertiary/aromatic N) is 2. The van der Waals surface area contributed by atoms with Gasteiger partial charge >= 0.3 is 6.03 Å². The minimum atomic E-state index is -0.408. The zero-order valence-corrected chi connectivity index (χ0v) is 18.6. The quantitative estimate of drug-likeness (QED) is 0.455. The van der Waals surface area contributed by atoms with Crippen LogP contribution in [0.1, 0.15) is 16.8 Å². The van der Waals surface area contributed by atoms with E-state index in [-0.39, 0.29) is 12.2 Å². The molecule has 0 fully saturated rings. The summed E-state index contributed by atoms with van der Waals surface area (Å²) in [6, 6.07) is 17.3. The van der Waals surface area contributed by atoms with Crippen LogP contribution in [0.5, 0.6) is 11.5 Å². The molecule has 0 unspecified atom stereocenters. The lowest BCUT2D eigenvalue weighted by molar-refractivity contribution is 0.262. The number of urea groups is 1. The van der Waals surface area contributed by atoms with Crippen molar-refractivity contribution in [1.29, 1.82) is 0 Å². The van der Waals surface area contributed by atoms with Crippen molar-refractivity contribution in [2.24, 2.45) is 0 Å². The fourth-order valence-corrected chi connectivity index (χ4v) is 3.35. The van der Waals surface area contributed by atoms with Crippen molar-refractivity contribution in [3.8, 4) is 11.5 Å². The number of methoxy groups -OCH3 is 1. The minimum absolute atomic E-state index is 0.122. The molecule has 0 aliphatic rings. The maximum absolute atomic E-state index is 12.4. The van der Waals surface area contributed by atoms with Crippen molar-refractivity contribution in [3.05, 3.63) is 94.0 Å². The molecule has 0 saturated carbocycles. The van der Waals surface area contributed by atoms with Gasteiger partial charge in [0.05, 0.1) is 18.5 Å². The molecule has 0 atom stereocenters. The summed E-state index contributed by atoms with van der Waals surface area (Å²) in [6.45, 7) is 3.97. The topological polar surface area (TPSA) is 94.0 Å². The number of aromatic nitrogens is 2. The number of hydrogen-bond acceptors (Lipinski definition) is 5. The van der Waals surface area contributed by atoms with E-state index in [1.807, 2.05) is 44.2 Å². The average Bonchev–Trinajstić information content (AvgIpc) is 2.79. The molecule has 8 nitrogen and oxygen atoms in total. The molecular formula is C25H24N4O4. The number of amides is 2. The Morgan fingerprint density at radius 2 is 1.82 bits per heavy atom. The lowest BCUT2D eigenvalue weighted by Gasteiger charge is -2.13. The Kier molecular flexibility index (Phi) is 6.26. The molecule has 8 heteroatoms. The van der Waals surface area contributed by atoms with E-state index in [1.54, 1.807) is 37.6 Å². The van der Waals surface area contributed by atoms with Crippen molar-refractivity contribution in [3.63, 3.8) is 0 Å². The van der Waals surface area contributed by atoms with E-state index in [4.69, 9.17) is 9.47 Å². The first kappa shape index (κ1) is 21.9. The Hall–Kier alpha value is -4.33. The lowest BCUT2D eigenvalue weighted by atomic mass is 10.2. The molecule has 2 aromatic carbocycles. The fraction of sp³-hybridized carbons (Fsp3) is 0.160. The van der Waals surface area contributed by atoms with Gasteiger partial charge in [0.25, 0.3) is 5.56 Å². The van der Waals surface area contributed by atoms with E-state index in [2.05, 4.69) is 15.6 Å². The van der Waals surface area contributed by atoms with E-state index in [1.165, 1.54) is 10.5 Å². The van der Waals surface area contributed by atoms with E-state index >= 15 is 0 Å². The van der Waals surface area contributed by atoms with Crippen LogP contribution in [0.2, 0.25) is 0 Å². The fourth-order valence-electron chi connectivity index (χ4n) is 3.35. The van der Waals surface area contributed by atoms with Crippen molar-refractivity contribution in [2.45, 2.75) is 20.5 Å². The van der Waals surface area contributed by atoms with E-state index in [0.717, 1.165) is 11.1 Å². The minimum Gasteiger partial charge on any atom is -0.495 e. The second-order valence-corrected chi connectivity index (χ2v) is 7.57. The number of benzene rings is 2. The van der Waals surface area contributed by atoms with Crippen LogP contribution in [-0.2, 0) is 6.61 Å². The third-order valence-corrected chi connectivity index (χ3v) is 5.05. The van der Waals surface area contributed by atoms with Gasteiger partial charge < -0.3 is 20.1 Å². The zero-order valence-electron chi connectivity index (χ0n) is 18.6. The Morgan fingerprint density at radius 3 is 2.64 bits per heavy atom. The van der Waals surface area contributed by atoms with E-state index < -0.39 is 6.03 Å². The molecular weight excluding hydrogens is 420 g/mol. The smallest absolute Gasteiger partial charge is 0.323 e. The van der Waals surface area contributed by atoms with Crippen LogP contribution in [0.15, 0.2) is 71.7 Å². The number of para-hydroxylation sites is 2. The van der Waals surface area contributed by atoms with Crippen LogP contribution in [0.25, 0.3) is 5.65 Å². The molecule has 2 amide bonds. The second-order valence-electron chi connectivity index (χ2n) is 7.57. The first-order chi connectivity index (χ1) is 15.9. The Balaban J connectivity index is 1.47. The number of ether oxygens (including phenoxy) is 2. The van der Waals surface area contributed by atoms with Gasteiger partial charge in [-0.05, 0) is 55.3 Å². The van der Waals surface area contributed by atoms with Crippen LogP contribution in [0, 0.1) is 13.8 Å². The van der Waals surface area contributed by atoms with Gasteiger partial charge in [-0.3, -0.25) is 9.20 Å². The van der Waals surface area contributed by atoms with Crippen LogP contribution in [0.4, 0.5) is 16.2 Å². The summed E-state index contributed by atoms with van der Waals surface area (Å²) in [4.78, 5) is 29.3. The maximum atomic E-state index is 12.4. The summed E-state index contributed by atoms with van der Waals surface area (Å²) >= 11 is 0. The number of aryl methyl sites for hydroxylation is 2. The van der Waals surface area contributed by atoms with E-state index in [0.29, 0.717) is 34.2 Å². The van der Waals surface area contributed by atoms with Gasteiger partial charge in [-0.25, -0.2) is 9.78 Å². The number of nitrogens with one attached hydrogen (secondary N) is 2. The normalized spacial score (nSPS) is 10.6. The summed E-state index contributed by atoms with van der Waals surface area (Å²) in [5.41, 5.74) is 3.95. The zero-order chi connectivity index (χ0) is 23.4. The molecule has 0 aliphatic heterocycles. The first-order valence-electron chi connectivity index (χ1n) is 10.4. The Morgan fingerprint density at radius 1 is 1.00 bits per heavy atom. The Bertz CT molecular complexity index is 1380. The van der Waals surface area contributed by atoms with Crippen LogP contribution in [0.3, 0.4) is 0 Å². The maximum Gasteiger partial charge on any atom is 0.323 e. The Labute approximate surface area is 190 Å².